The Balaban J connectivity index is 2.54. The highest BCUT2D eigenvalue weighted by Crippen LogP contribution is 2.17. The highest BCUT2D eigenvalue weighted by molar-refractivity contribution is 5.31. The summed E-state index contributed by atoms with van der Waals surface area (Å²) in [7, 11) is 0. The Morgan fingerprint density at radius 3 is 2.25 bits per heavy atom. The fourth-order valence-corrected chi connectivity index (χ4v) is 1.99. The van der Waals surface area contributed by atoms with Crippen molar-refractivity contribution in [2.45, 2.75) is 20.4 Å². The molecule has 2 rings (SSSR count). The van der Waals surface area contributed by atoms with Crippen LogP contribution in [-0.2, 0) is 6.54 Å². The predicted molar refractivity (Wildman–Crippen MR) is 67.9 cm³/mol. The van der Waals surface area contributed by atoms with Gasteiger partial charge in [0.2, 0.25) is 11.7 Å². The Morgan fingerprint density at radius 1 is 1.15 bits per heavy atom. The van der Waals surface area contributed by atoms with E-state index in [1.54, 1.807) is 18.8 Å². The van der Waals surface area contributed by atoms with Crippen LogP contribution in [0.4, 0.5) is 8.78 Å². The summed E-state index contributed by atoms with van der Waals surface area (Å²) < 4.78 is 27.5. The summed E-state index contributed by atoms with van der Waals surface area (Å²) in [4.78, 5) is 24.3. The minimum Gasteiger partial charge on any atom is -0.492 e. The first-order valence-electron chi connectivity index (χ1n) is 5.78. The number of aryl methyl sites for hydroxylation is 2. The summed E-state index contributed by atoms with van der Waals surface area (Å²) in [6.07, 6.45) is 0. The van der Waals surface area contributed by atoms with E-state index in [1.807, 2.05) is 0 Å². The van der Waals surface area contributed by atoms with E-state index in [9.17, 15) is 23.5 Å². The molecular weight excluding hydrogens is 270 g/mol. The number of halogens is 2. The molecule has 1 heterocycles. The second-order valence-electron chi connectivity index (χ2n) is 4.53. The van der Waals surface area contributed by atoms with Gasteiger partial charge in [0.05, 0.1) is 6.54 Å². The summed E-state index contributed by atoms with van der Waals surface area (Å²) >= 11 is 0. The van der Waals surface area contributed by atoms with E-state index in [4.69, 9.17) is 0 Å². The van der Waals surface area contributed by atoms with E-state index < -0.39 is 22.9 Å². The van der Waals surface area contributed by atoms with E-state index in [0.29, 0.717) is 21.3 Å². The number of benzene rings is 1. The minimum atomic E-state index is -1.43. The molecule has 0 amide bonds. The minimum absolute atomic E-state index is 0.180. The Morgan fingerprint density at radius 2 is 1.70 bits per heavy atom. The van der Waals surface area contributed by atoms with Crippen LogP contribution in [-0.4, -0.2) is 14.7 Å². The van der Waals surface area contributed by atoms with Crippen molar-refractivity contribution in [3.8, 4) is 5.88 Å². The average Bonchev–Trinajstić information content (AvgIpc) is 2.38. The smallest absolute Gasteiger partial charge is 0.331 e. The Hall–Kier alpha value is -2.44. The maximum absolute atomic E-state index is 13.5. The fourth-order valence-electron chi connectivity index (χ4n) is 1.99. The molecule has 1 aromatic heterocycles. The van der Waals surface area contributed by atoms with Crippen molar-refractivity contribution in [1.82, 2.24) is 9.55 Å². The van der Waals surface area contributed by atoms with Crippen molar-refractivity contribution in [3.63, 3.8) is 0 Å². The van der Waals surface area contributed by atoms with Crippen molar-refractivity contribution in [1.29, 1.82) is 0 Å². The van der Waals surface area contributed by atoms with Gasteiger partial charge in [0.25, 0.3) is 5.56 Å². The Labute approximate surface area is 112 Å². The summed E-state index contributed by atoms with van der Waals surface area (Å²) in [5.74, 6) is -2.84. The van der Waals surface area contributed by atoms with Gasteiger partial charge in [0.15, 0.2) is 0 Å². The molecule has 106 valence electrons. The molecule has 0 saturated heterocycles. The summed E-state index contributed by atoms with van der Waals surface area (Å²) in [5.41, 5.74) is -0.969. The lowest BCUT2D eigenvalue weighted by molar-refractivity contribution is 0.367. The van der Waals surface area contributed by atoms with Crippen LogP contribution < -0.4 is 11.2 Å². The van der Waals surface area contributed by atoms with Crippen molar-refractivity contribution < 1.29 is 13.9 Å². The SMILES string of the molecule is Cc1cc(Cn2c(O)c(F)c(=O)[nH]c2=O)cc(C)c1F. The van der Waals surface area contributed by atoms with Crippen molar-refractivity contribution >= 4 is 0 Å². The van der Waals surface area contributed by atoms with Crippen LogP contribution >= 0.6 is 0 Å². The molecule has 0 atom stereocenters. The van der Waals surface area contributed by atoms with Gasteiger partial charge in [0, 0.05) is 0 Å². The second-order valence-corrected chi connectivity index (χ2v) is 4.53. The zero-order chi connectivity index (χ0) is 15.0. The van der Waals surface area contributed by atoms with Gasteiger partial charge in [-0.25, -0.2) is 9.18 Å². The van der Waals surface area contributed by atoms with Crippen LogP contribution in [0.5, 0.6) is 5.88 Å². The van der Waals surface area contributed by atoms with Gasteiger partial charge >= 0.3 is 5.69 Å². The zero-order valence-corrected chi connectivity index (χ0v) is 10.8. The van der Waals surface area contributed by atoms with Crippen LogP contribution in [0, 0.1) is 25.5 Å². The number of aromatic hydroxyl groups is 1. The zero-order valence-electron chi connectivity index (χ0n) is 10.8. The summed E-state index contributed by atoms with van der Waals surface area (Å²) in [5, 5.41) is 9.51. The molecule has 5 nitrogen and oxygen atoms in total. The number of H-pyrrole nitrogens is 1. The number of rotatable bonds is 2. The second kappa shape index (κ2) is 4.92. The number of nitrogens with zero attached hydrogens (tertiary/aromatic N) is 1. The molecule has 0 aliphatic rings. The van der Waals surface area contributed by atoms with Gasteiger partial charge in [-0.05, 0) is 30.5 Å². The van der Waals surface area contributed by atoms with Gasteiger partial charge in [-0.1, -0.05) is 12.1 Å². The van der Waals surface area contributed by atoms with E-state index >= 15 is 0 Å². The van der Waals surface area contributed by atoms with Gasteiger partial charge in [-0.15, -0.1) is 0 Å². The van der Waals surface area contributed by atoms with Gasteiger partial charge in [-0.2, -0.15) is 4.39 Å². The molecule has 2 aromatic rings. The van der Waals surface area contributed by atoms with Crippen LogP contribution in [0.3, 0.4) is 0 Å². The Bertz CT molecular complexity index is 770. The highest BCUT2D eigenvalue weighted by atomic mass is 19.1. The fraction of sp³-hybridized carbons (Fsp3) is 0.231. The quantitative estimate of drug-likeness (QED) is 0.868. The molecule has 0 bridgehead atoms. The maximum atomic E-state index is 13.5. The molecule has 0 saturated carbocycles. The third-order valence-electron chi connectivity index (χ3n) is 2.95. The average molecular weight is 282 g/mol. The largest absolute Gasteiger partial charge is 0.492 e. The molecule has 0 fully saturated rings. The molecule has 0 aliphatic carbocycles. The predicted octanol–water partition coefficient (Wildman–Crippen LogP) is 1.19. The van der Waals surface area contributed by atoms with Crippen molar-refractivity contribution in [3.05, 3.63) is 61.3 Å². The number of aromatic amines is 1. The van der Waals surface area contributed by atoms with E-state index in [0.717, 1.165) is 0 Å². The molecule has 0 radical (unpaired) electrons. The molecule has 7 heteroatoms. The van der Waals surface area contributed by atoms with Crippen LogP contribution in [0.25, 0.3) is 0 Å². The molecule has 2 N–H and O–H groups in total. The molecule has 0 aliphatic heterocycles. The number of aromatic nitrogens is 2. The first-order chi connectivity index (χ1) is 9.31. The van der Waals surface area contributed by atoms with Crippen molar-refractivity contribution in [2.75, 3.05) is 0 Å². The summed E-state index contributed by atoms with van der Waals surface area (Å²) in [6.45, 7) is 2.93. The standard InChI is InChI=1S/C13H12F2N2O3/c1-6-3-8(4-7(2)9(6)14)5-17-12(19)10(15)11(18)16-13(17)20/h3-4,19H,5H2,1-2H3,(H,16,18,20). The normalized spacial score (nSPS) is 10.8. The lowest BCUT2D eigenvalue weighted by atomic mass is 10.1. The van der Waals surface area contributed by atoms with Crippen LogP contribution in [0.1, 0.15) is 16.7 Å². The van der Waals surface area contributed by atoms with E-state index in [1.165, 1.54) is 12.1 Å². The first-order valence-corrected chi connectivity index (χ1v) is 5.78. The van der Waals surface area contributed by atoms with Gasteiger partial charge < -0.3 is 5.11 Å². The summed E-state index contributed by atoms with van der Waals surface area (Å²) in [6, 6.07) is 2.97. The van der Waals surface area contributed by atoms with E-state index in [2.05, 4.69) is 0 Å². The van der Waals surface area contributed by atoms with Crippen molar-refractivity contribution in [2.24, 2.45) is 0 Å². The molecule has 1 aromatic carbocycles. The third kappa shape index (κ3) is 2.34. The van der Waals surface area contributed by atoms with Crippen LogP contribution in [0.15, 0.2) is 21.7 Å². The number of hydrogen-bond donors (Lipinski definition) is 2. The number of nitrogens with one attached hydrogen (secondary N) is 1. The maximum Gasteiger partial charge on any atom is 0.331 e. The third-order valence-corrected chi connectivity index (χ3v) is 2.95. The van der Waals surface area contributed by atoms with Crippen LogP contribution in [0.2, 0.25) is 0 Å². The van der Waals surface area contributed by atoms with Gasteiger partial charge in [0.1, 0.15) is 5.82 Å². The molecule has 20 heavy (non-hydrogen) atoms. The van der Waals surface area contributed by atoms with Gasteiger partial charge in [-0.3, -0.25) is 14.3 Å². The highest BCUT2D eigenvalue weighted by Gasteiger charge is 2.14. The first kappa shape index (κ1) is 14.0. The lowest BCUT2D eigenvalue weighted by Gasteiger charge is -2.10. The number of hydrogen-bond acceptors (Lipinski definition) is 3. The molecular formula is C13H12F2N2O3. The Kier molecular flexibility index (Phi) is 3.44. The molecule has 0 unspecified atom stereocenters. The van der Waals surface area contributed by atoms with E-state index in [-0.39, 0.29) is 12.4 Å². The molecule has 0 spiro atoms. The lowest BCUT2D eigenvalue weighted by Crippen LogP contribution is -2.32. The monoisotopic (exact) mass is 282 g/mol. The topological polar surface area (TPSA) is 75.1 Å².